The van der Waals surface area contributed by atoms with Crippen molar-refractivity contribution in [3.63, 3.8) is 0 Å². The molecule has 0 bridgehead atoms. The molecular weight excluding hydrogens is 414 g/mol. The summed E-state index contributed by atoms with van der Waals surface area (Å²) in [6.45, 7) is 0.190. The number of hydrogen-bond acceptors (Lipinski definition) is 11. The second-order valence-corrected chi connectivity index (χ2v) is 6.96. The third-order valence-corrected chi connectivity index (χ3v) is 4.94. The van der Waals surface area contributed by atoms with Gasteiger partial charge in [-0.2, -0.15) is 0 Å². The van der Waals surface area contributed by atoms with Gasteiger partial charge in [0.1, 0.15) is 0 Å². The molecule has 4 aromatic rings. The molecule has 1 aliphatic heterocycles. The van der Waals surface area contributed by atoms with Gasteiger partial charge in [0.05, 0.1) is 10.7 Å². The second-order valence-electron chi connectivity index (χ2n) is 6.03. The third kappa shape index (κ3) is 3.55. The normalized spacial score (nSPS) is 12.3. The van der Waals surface area contributed by atoms with Crippen LogP contribution in [0.4, 0.5) is 5.69 Å². The predicted octanol–water partition coefficient (Wildman–Crippen LogP) is 3.72. The molecule has 2 aromatic carbocycles. The average molecular weight is 425 g/mol. The molecule has 0 fully saturated rings. The standard InChI is InChI=1S/C18H11N5O6S/c24-23(25)12-4-1-10(2-5-12)16-20-19-15(28-16)8-30-18-22-21-17(29-18)11-3-6-13-14(7-11)27-9-26-13/h1-7H,8-9H2. The molecule has 0 unspecified atom stereocenters. The highest BCUT2D eigenvalue weighted by molar-refractivity contribution is 7.98. The van der Waals surface area contributed by atoms with E-state index in [1.807, 2.05) is 6.07 Å². The van der Waals surface area contributed by atoms with Gasteiger partial charge in [0.25, 0.3) is 10.9 Å². The van der Waals surface area contributed by atoms with E-state index in [9.17, 15) is 10.1 Å². The Balaban J connectivity index is 1.24. The van der Waals surface area contributed by atoms with Crippen LogP contribution in [-0.4, -0.2) is 32.1 Å². The van der Waals surface area contributed by atoms with E-state index >= 15 is 0 Å². The monoisotopic (exact) mass is 425 g/mol. The second kappa shape index (κ2) is 7.48. The number of nitro benzene ring substituents is 1. The van der Waals surface area contributed by atoms with Gasteiger partial charge in [0.15, 0.2) is 11.5 Å². The molecule has 150 valence electrons. The molecule has 0 saturated heterocycles. The van der Waals surface area contributed by atoms with Crippen molar-refractivity contribution in [3.8, 4) is 34.4 Å². The number of thioether (sulfide) groups is 1. The van der Waals surface area contributed by atoms with Gasteiger partial charge in [0.2, 0.25) is 24.5 Å². The van der Waals surface area contributed by atoms with Crippen molar-refractivity contribution in [3.05, 3.63) is 58.5 Å². The summed E-state index contributed by atoms with van der Waals surface area (Å²) in [6.07, 6.45) is 0. The molecule has 2 aromatic heterocycles. The predicted molar refractivity (Wildman–Crippen MR) is 102 cm³/mol. The summed E-state index contributed by atoms with van der Waals surface area (Å²) in [4.78, 5) is 10.3. The molecule has 11 nitrogen and oxygen atoms in total. The molecule has 0 N–H and O–H groups in total. The molecular formula is C18H11N5O6S. The Bertz CT molecular complexity index is 1220. The summed E-state index contributed by atoms with van der Waals surface area (Å²) in [5.74, 6) is 2.61. The smallest absolute Gasteiger partial charge is 0.277 e. The van der Waals surface area contributed by atoms with Crippen molar-refractivity contribution in [1.82, 2.24) is 20.4 Å². The maximum Gasteiger partial charge on any atom is 0.277 e. The topological polar surface area (TPSA) is 139 Å². The van der Waals surface area contributed by atoms with E-state index in [0.717, 1.165) is 5.56 Å². The number of fused-ring (bicyclic) bond motifs is 1. The Kier molecular flexibility index (Phi) is 4.52. The molecule has 0 aliphatic carbocycles. The Morgan fingerprint density at radius 3 is 2.47 bits per heavy atom. The highest BCUT2D eigenvalue weighted by Crippen LogP contribution is 2.36. The molecule has 12 heteroatoms. The van der Waals surface area contributed by atoms with Gasteiger partial charge < -0.3 is 18.3 Å². The summed E-state index contributed by atoms with van der Waals surface area (Å²) >= 11 is 1.25. The van der Waals surface area contributed by atoms with Crippen molar-refractivity contribution in [2.45, 2.75) is 11.0 Å². The minimum Gasteiger partial charge on any atom is -0.454 e. The van der Waals surface area contributed by atoms with Crippen LogP contribution in [0.1, 0.15) is 5.89 Å². The van der Waals surface area contributed by atoms with Crippen LogP contribution < -0.4 is 9.47 Å². The molecule has 1 aliphatic rings. The number of nitrogens with zero attached hydrogens (tertiary/aromatic N) is 5. The van der Waals surface area contributed by atoms with Gasteiger partial charge in [-0.05, 0) is 30.3 Å². The van der Waals surface area contributed by atoms with Crippen molar-refractivity contribution in [2.24, 2.45) is 0 Å². The molecule has 3 heterocycles. The van der Waals surface area contributed by atoms with Gasteiger partial charge >= 0.3 is 0 Å². The van der Waals surface area contributed by atoms with E-state index < -0.39 is 4.92 Å². The van der Waals surface area contributed by atoms with Crippen LogP contribution in [0, 0.1) is 10.1 Å². The fourth-order valence-electron chi connectivity index (χ4n) is 2.69. The van der Waals surface area contributed by atoms with Crippen LogP contribution in [0.3, 0.4) is 0 Å². The van der Waals surface area contributed by atoms with Crippen molar-refractivity contribution >= 4 is 17.4 Å². The lowest BCUT2D eigenvalue weighted by molar-refractivity contribution is -0.384. The molecule has 0 saturated carbocycles. The number of hydrogen-bond donors (Lipinski definition) is 0. The van der Waals surface area contributed by atoms with E-state index in [2.05, 4.69) is 20.4 Å². The van der Waals surface area contributed by atoms with Crippen molar-refractivity contribution in [2.75, 3.05) is 6.79 Å². The SMILES string of the molecule is O=[N+]([O-])c1ccc(-c2nnc(CSc3nnc(-c4ccc5c(c4)OCO5)o3)o2)cc1. The first-order chi connectivity index (χ1) is 14.7. The van der Waals surface area contributed by atoms with Crippen LogP contribution in [0.15, 0.2) is 56.5 Å². The lowest BCUT2D eigenvalue weighted by Gasteiger charge is -1.97. The van der Waals surface area contributed by atoms with Crippen LogP contribution >= 0.6 is 11.8 Å². The van der Waals surface area contributed by atoms with E-state index in [1.165, 1.54) is 23.9 Å². The number of aromatic nitrogens is 4. The summed E-state index contributed by atoms with van der Waals surface area (Å²) in [6, 6.07) is 11.2. The Morgan fingerprint density at radius 2 is 1.63 bits per heavy atom. The fourth-order valence-corrected chi connectivity index (χ4v) is 3.29. The summed E-state index contributed by atoms with van der Waals surface area (Å²) < 4.78 is 21.9. The largest absolute Gasteiger partial charge is 0.454 e. The molecule has 5 rings (SSSR count). The Labute approximate surface area is 172 Å². The fraction of sp³-hybridized carbons (Fsp3) is 0.111. The number of benzene rings is 2. The van der Waals surface area contributed by atoms with E-state index in [1.54, 1.807) is 24.3 Å². The number of ether oxygens (including phenoxy) is 2. The number of rotatable bonds is 6. The van der Waals surface area contributed by atoms with Crippen LogP contribution in [-0.2, 0) is 5.75 Å². The van der Waals surface area contributed by atoms with Crippen LogP contribution in [0.5, 0.6) is 11.5 Å². The molecule has 0 spiro atoms. The van der Waals surface area contributed by atoms with E-state index in [0.29, 0.717) is 39.8 Å². The summed E-state index contributed by atoms with van der Waals surface area (Å²) in [7, 11) is 0. The highest BCUT2D eigenvalue weighted by Gasteiger charge is 2.17. The van der Waals surface area contributed by atoms with Gasteiger partial charge in [0, 0.05) is 23.3 Å². The van der Waals surface area contributed by atoms with Crippen LogP contribution in [0.2, 0.25) is 0 Å². The lowest BCUT2D eigenvalue weighted by atomic mass is 10.2. The maximum absolute atomic E-state index is 10.7. The van der Waals surface area contributed by atoms with E-state index in [-0.39, 0.29) is 18.4 Å². The quantitative estimate of drug-likeness (QED) is 0.253. The third-order valence-electron chi connectivity index (χ3n) is 4.14. The van der Waals surface area contributed by atoms with Crippen LogP contribution in [0.25, 0.3) is 22.9 Å². The first-order valence-corrected chi connectivity index (χ1v) is 9.58. The van der Waals surface area contributed by atoms with Crippen molar-refractivity contribution in [1.29, 1.82) is 0 Å². The molecule has 0 radical (unpaired) electrons. The number of non-ortho nitro benzene ring substituents is 1. The highest BCUT2D eigenvalue weighted by atomic mass is 32.2. The molecule has 30 heavy (non-hydrogen) atoms. The average Bonchev–Trinajstić information content (AvgIpc) is 3.52. The zero-order chi connectivity index (χ0) is 20.5. The van der Waals surface area contributed by atoms with Gasteiger partial charge in [-0.25, -0.2) is 0 Å². The lowest BCUT2D eigenvalue weighted by Crippen LogP contribution is -1.92. The Morgan fingerprint density at radius 1 is 0.900 bits per heavy atom. The molecule has 0 amide bonds. The van der Waals surface area contributed by atoms with Gasteiger partial charge in [-0.1, -0.05) is 11.8 Å². The Hall–Kier alpha value is -3.93. The maximum atomic E-state index is 10.7. The number of nitro groups is 1. The van der Waals surface area contributed by atoms with Crippen molar-refractivity contribution < 1.29 is 23.2 Å². The van der Waals surface area contributed by atoms with Gasteiger partial charge in [-0.3, -0.25) is 10.1 Å². The first-order valence-electron chi connectivity index (χ1n) is 8.59. The minimum absolute atomic E-state index is 0.0105. The molecule has 0 atom stereocenters. The first kappa shape index (κ1) is 18.1. The summed E-state index contributed by atoms with van der Waals surface area (Å²) in [5, 5.41) is 27.1. The zero-order valence-electron chi connectivity index (χ0n) is 15.0. The van der Waals surface area contributed by atoms with Gasteiger partial charge in [-0.15, -0.1) is 20.4 Å². The summed E-state index contributed by atoms with van der Waals surface area (Å²) in [5.41, 5.74) is 1.30. The zero-order valence-corrected chi connectivity index (χ0v) is 15.9. The van der Waals surface area contributed by atoms with E-state index in [4.69, 9.17) is 18.3 Å². The minimum atomic E-state index is -0.470.